The normalized spacial score (nSPS) is 21.1. The molecule has 0 radical (unpaired) electrons. The van der Waals surface area contributed by atoms with Gasteiger partial charge in [0.1, 0.15) is 6.10 Å². The van der Waals surface area contributed by atoms with Crippen molar-refractivity contribution >= 4 is 11.9 Å². The Balaban J connectivity index is 1.83. The summed E-state index contributed by atoms with van der Waals surface area (Å²) in [6.07, 6.45) is 4.82. The number of rotatable bonds is 6. The number of hydrogen-bond acceptors (Lipinski definition) is 4. The molecule has 0 bridgehead atoms. The Labute approximate surface area is 131 Å². The second-order valence-corrected chi connectivity index (χ2v) is 5.78. The predicted molar refractivity (Wildman–Crippen MR) is 83.5 cm³/mol. The van der Waals surface area contributed by atoms with Crippen LogP contribution in [0.15, 0.2) is 30.3 Å². The minimum atomic E-state index is -0.314. The largest absolute Gasteiger partial charge is 0.465 e. The smallest absolute Gasteiger partial charge is 0.338 e. The zero-order valence-electron chi connectivity index (χ0n) is 13.1. The molecule has 22 heavy (non-hydrogen) atoms. The van der Waals surface area contributed by atoms with E-state index in [4.69, 9.17) is 9.47 Å². The molecule has 0 aliphatic heterocycles. The Morgan fingerprint density at radius 1 is 1.18 bits per heavy atom. The minimum absolute atomic E-state index is 0.140. The van der Waals surface area contributed by atoms with Crippen molar-refractivity contribution in [3.05, 3.63) is 35.9 Å². The highest BCUT2D eigenvalue weighted by Gasteiger charge is 2.30. The number of ether oxygens (including phenoxy) is 2. The summed E-state index contributed by atoms with van der Waals surface area (Å²) in [7, 11) is 0. The molecular formula is C18H24O4. The molecule has 1 aromatic carbocycles. The lowest BCUT2D eigenvalue weighted by atomic mass is 9.87. The first kappa shape index (κ1) is 16.5. The molecule has 0 heterocycles. The van der Waals surface area contributed by atoms with Crippen LogP contribution in [0.2, 0.25) is 0 Å². The minimum Gasteiger partial charge on any atom is -0.465 e. The van der Waals surface area contributed by atoms with E-state index in [9.17, 15) is 9.59 Å². The molecular weight excluding hydrogens is 280 g/mol. The van der Waals surface area contributed by atoms with Gasteiger partial charge in [0.15, 0.2) is 0 Å². The molecule has 2 unspecified atom stereocenters. The molecule has 1 aliphatic rings. The van der Waals surface area contributed by atoms with E-state index >= 15 is 0 Å². The first-order chi connectivity index (χ1) is 10.7. The van der Waals surface area contributed by atoms with Crippen molar-refractivity contribution < 1.29 is 19.1 Å². The van der Waals surface area contributed by atoms with Gasteiger partial charge in [-0.1, -0.05) is 31.5 Å². The van der Waals surface area contributed by atoms with Gasteiger partial charge in [0.25, 0.3) is 0 Å². The maximum absolute atomic E-state index is 12.1. The van der Waals surface area contributed by atoms with Crippen molar-refractivity contribution in [2.24, 2.45) is 5.92 Å². The van der Waals surface area contributed by atoms with Gasteiger partial charge in [0, 0.05) is 0 Å². The molecule has 4 nitrogen and oxygen atoms in total. The lowest BCUT2D eigenvalue weighted by molar-refractivity contribution is -0.151. The number of esters is 2. The molecule has 0 spiro atoms. The summed E-state index contributed by atoms with van der Waals surface area (Å²) in [4.78, 5) is 24.1. The topological polar surface area (TPSA) is 52.6 Å². The second-order valence-electron chi connectivity index (χ2n) is 5.78. The van der Waals surface area contributed by atoms with Gasteiger partial charge in [-0.25, -0.2) is 4.79 Å². The van der Waals surface area contributed by atoms with Crippen molar-refractivity contribution in [2.75, 3.05) is 6.61 Å². The summed E-state index contributed by atoms with van der Waals surface area (Å²) in [6, 6.07) is 8.96. The monoisotopic (exact) mass is 304 g/mol. The van der Waals surface area contributed by atoms with E-state index in [1.807, 2.05) is 18.2 Å². The van der Waals surface area contributed by atoms with Crippen LogP contribution in [0.3, 0.4) is 0 Å². The number of hydrogen-bond donors (Lipinski definition) is 0. The van der Waals surface area contributed by atoms with Crippen LogP contribution in [0.5, 0.6) is 0 Å². The SMILES string of the molecule is CCCCOC(=O)C1CCCC(OC(=O)c2ccccc2)C1. The third kappa shape index (κ3) is 4.86. The molecule has 1 saturated carbocycles. The molecule has 1 aliphatic carbocycles. The van der Waals surface area contributed by atoms with E-state index in [2.05, 4.69) is 6.92 Å². The summed E-state index contributed by atoms with van der Waals surface area (Å²) >= 11 is 0. The lowest BCUT2D eigenvalue weighted by Crippen LogP contribution is -2.30. The molecule has 120 valence electrons. The summed E-state index contributed by atoms with van der Waals surface area (Å²) in [6.45, 7) is 2.55. The molecule has 2 rings (SSSR count). The van der Waals surface area contributed by atoms with Crippen LogP contribution in [0.4, 0.5) is 0 Å². The Morgan fingerprint density at radius 2 is 1.95 bits per heavy atom. The predicted octanol–water partition coefficient (Wildman–Crippen LogP) is 3.75. The van der Waals surface area contributed by atoms with Gasteiger partial charge in [-0.15, -0.1) is 0 Å². The van der Waals surface area contributed by atoms with E-state index < -0.39 is 0 Å². The van der Waals surface area contributed by atoms with Crippen LogP contribution in [0.1, 0.15) is 55.8 Å². The standard InChI is InChI=1S/C18H24O4/c1-2-3-12-21-17(19)15-10-7-11-16(13-15)22-18(20)14-8-5-4-6-9-14/h4-6,8-9,15-16H,2-3,7,10-13H2,1H3. The van der Waals surface area contributed by atoms with Crippen LogP contribution in [0, 0.1) is 5.92 Å². The first-order valence-corrected chi connectivity index (χ1v) is 8.13. The van der Waals surface area contributed by atoms with Gasteiger partial charge in [-0.2, -0.15) is 0 Å². The third-order valence-corrected chi connectivity index (χ3v) is 3.98. The van der Waals surface area contributed by atoms with Crippen molar-refractivity contribution in [3.8, 4) is 0 Å². The van der Waals surface area contributed by atoms with Crippen molar-refractivity contribution in [1.29, 1.82) is 0 Å². The lowest BCUT2D eigenvalue weighted by Gasteiger charge is -2.27. The van der Waals surface area contributed by atoms with Gasteiger partial charge >= 0.3 is 11.9 Å². The van der Waals surface area contributed by atoms with Crippen LogP contribution >= 0.6 is 0 Å². The highest BCUT2D eigenvalue weighted by molar-refractivity contribution is 5.89. The average molecular weight is 304 g/mol. The van der Waals surface area contributed by atoms with Gasteiger partial charge in [-0.3, -0.25) is 4.79 Å². The van der Waals surface area contributed by atoms with E-state index in [1.54, 1.807) is 12.1 Å². The summed E-state index contributed by atoms with van der Waals surface area (Å²) < 4.78 is 10.8. The molecule has 2 atom stereocenters. The fourth-order valence-electron chi connectivity index (χ4n) is 2.69. The Bertz CT molecular complexity index is 483. The zero-order chi connectivity index (χ0) is 15.8. The summed E-state index contributed by atoms with van der Waals surface area (Å²) in [5.74, 6) is -0.598. The Kier molecular flexibility index (Phi) is 6.44. The highest BCUT2D eigenvalue weighted by Crippen LogP contribution is 2.28. The van der Waals surface area contributed by atoms with Crippen molar-refractivity contribution in [3.63, 3.8) is 0 Å². The number of carbonyl (C=O) groups excluding carboxylic acids is 2. The molecule has 1 fully saturated rings. The van der Waals surface area contributed by atoms with Crippen LogP contribution in [-0.2, 0) is 14.3 Å². The number of carbonyl (C=O) groups is 2. The van der Waals surface area contributed by atoms with Gasteiger partial charge < -0.3 is 9.47 Å². The van der Waals surface area contributed by atoms with E-state index in [0.717, 1.165) is 32.1 Å². The molecule has 1 aromatic rings. The van der Waals surface area contributed by atoms with Crippen LogP contribution in [0.25, 0.3) is 0 Å². The average Bonchev–Trinajstić information content (AvgIpc) is 2.56. The maximum atomic E-state index is 12.1. The zero-order valence-corrected chi connectivity index (χ0v) is 13.1. The quantitative estimate of drug-likeness (QED) is 0.593. The van der Waals surface area contributed by atoms with Crippen LogP contribution in [-0.4, -0.2) is 24.6 Å². The van der Waals surface area contributed by atoms with E-state index in [0.29, 0.717) is 18.6 Å². The van der Waals surface area contributed by atoms with Crippen molar-refractivity contribution in [2.45, 2.75) is 51.6 Å². The van der Waals surface area contributed by atoms with Gasteiger partial charge in [0.05, 0.1) is 18.1 Å². The molecule has 0 aromatic heterocycles. The van der Waals surface area contributed by atoms with Gasteiger partial charge in [-0.05, 0) is 44.2 Å². The fraction of sp³-hybridized carbons (Fsp3) is 0.556. The molecule has 0 amide bonds. The molecule has 0 saturated heterocycles. The fourth-order valence-corrected chi connectivity index (χ4v) is 2.69. The summed E-state index contributed by atoms with van der Waals surface area (Å²) in [5, 5.41) is 0. The maximum Gasteiger partial charge on any atom is 0.338 e. The first-order valence-electron chi connectivity index (χ1n) is 8.13. The number of benzene rings is 1. The van der Waals surface area contributed by atoms with E-state index in [-0.39, 0.29) is 24.0 Å². The highest BCUT2D eigenvalue weighted by atomic mass is 16.5. The second kappa shape index (κ2) is 8.57. The van der Waals surface area contributed by atoms with Crippen molar-refractivity contribution in [1.82, 2.24) is 0 Å². The van der Waals surface area contributed by atoms with E-state index in [1.165, 1.54) is 0 Å². The van der Waals surface area contributed by atoms with Gasteiger partial charge in [0.2, 0.25) is 0 Å². The Hall–Kier alpha value is -1.84. The Morgan fingerprint density at radius 3 is 2.68 bits per heavy atom. The molecule has 0 N–H and O–H groups in total. The molecule has 4 heteroatoms. The third-order valence-electron chi connectivity index (χ3n) is 3.98. The number of unbranched alkanes of at least 4 members (excludes halogenated alkanes) is 1. The summed E-state index contributed by atoms with van der Waals surface area (Å²) in [5.41, 5.74) is 0.551. The van der Waals surface area contributed by atoms with Crippen LogP contribution < -0.4 is 0 Å².